The molecule has 0 atom stereocenters. The van der Waals surface area contributed by atoms with Crippen molar-refractivity contribution in [3.05, 3.63) is 24.3 Å². The van der Waals surface area contributed by atoms with E-state index in [-0.39, 0.29) is 19.2 Å². The van der Waals surface area contributed by atoms with E-state index in [2.05, 4.69) is 31.2 Å². The van der Waals surface area contributed by atoms with Crippen molar-refractivity contribution in [2.45, 2.75) is 103 Å². The SMILES string of the molecule is CCCCC/C=C\C/C=C\CCCCCCCCCC(=O)OC(CO)CO. The molecule has 0 fully saturated rings. The molecule has 0 aromatic carbocycles. The van der Waals surface area contributed by atoms with E-state index < -0.39 is 6.10 Å². The van der Waals surface area contributed by atoms with Crippen LogP contribution in [0, 0.1) is 0 Å². The first-order valence-electron chi connectivity index (χ1n) is 11.0. The van der Waals surface area contributed by atoms with Crippen LogP contribution in [-0.2, 0) is 9.53 Å². The first-order chi connectivity index (χ1) is 13.2. The first-order valence-corrected chi connectivity index (χ1v) is 11.0. The molecule has 0 aromatic rings. The van der Waals surface area contributed by atoms with Crippen LogP contribution in [0.4, 0.5) is 0 Å². The Balaban J connectivity index is 3.31. The third kappa shape index (κ3) is 19.4. The van der Waals surface area contributed by atoms with Crippen LogP contribution < -0.4 is 0 Å². The minimum absolute atomic E-state index is 0.326. The predicted molar refractivity (Wildman–Crippen MR) is 113 cm³/mol. The number of ether oxygens (including phenoxy) is 1. The van der Waals surface area contributed by atoms with E-state index in [1.807, 2.05) is 0 Å². The zero-order valence-corrected chi connectivity index (χ0v) is 17.4. The second-order valence-electron chi connectivity index (χ2n) is 7.16. The summed E-state index contributed by atoms with van der Waals surface area (Å²) in [4.78, 5) is 11.5. The van der Waals surface area contributed by atoms with Crippen molar-refractivity contribution in [3.8, 4) is 0 Å². The highest BCUT2D eigenvalue weighted by Crippen LogP contribution is 2.11. The van der Waals surface area contributed by atoms with Gasteiger partial charge in [0, 0.05) is 6.42 Å². The normalized spacial score (nSPS) is 11.9. The summed E-state index contributed by atoms with van der Waals surface area (Å²) in [6.45, 7) is 1.58. The van der Waals surface area contributed by atoms with Crippen LogP contribution in [0.25, 0.3) is 0 Å². The predicted octanol–water partition coefficient (Wildman–Crippen LogP) is 5.48. The minimum atomic E-state index is -0.770. The number of hydrogen-bond donors (Lipinski definition) is 2. The Morgan fingerprint density at radius 3 is 1.85 bits per heavy atom. The van der Waals surface area contributed by atoms with Crippen LogP contribution in [0.5, 0.6) is 0 Å². The molecule has 4 nitrogen and oxygen atoms in total. The summed E-state index contributed by atoms with van der Waals surface area (Å²) in [6, 6.07) is 0. The van der Waals surface area contributed by atoms with Crippen molar-refractivity contribution in [2.24, 2.45) is 0 Å². The van der Waals surface area contributed by atoms with Gasteiger partial charge in [0.05, 0.1) is 13.2 Å². The highest BCUT2D eigenvalue weighted by atomic mass is 16.6. The van der Waals surface area contributed by atoms with Crippen molar-refractivity contribution in [1.82, 2.24) is 0 Å². The summed E-state index contributed by atoms with van der Waals surface area (Å²) in [5.41, 5.74) is 0. The van der Waals surface area contributed by atoms with E-state index in [4.69, 9.17) is 14.9 Å². The molecule has 0 unspecified atom stereocenters. The number of rotatable bonds is 19. The van der Waals surface area contributed by atoms with Gasteiger partial charge in [0.25, 0.3) is 0 Å². The number of carbonyl (C=O) groups excluding carboxylic acids is 1. The molecule has 0 saturated carbocycles. The lowest BCUT2D eigenvalue weighted by atomic mass is 10.1. The summed E-state index contributed by atoms with van der Waals surface area (Å²) in [6.07, 6.45) is 24.1. The molecule has 0 rings (SSSR count). The smallest absolute Gasteiger partial charge is 0.306 e. The molecule has 0 amide bonds. The van der Waals surface area contributed by atoms with Crippen LogP contribution in [0.2, 0.25) is 0 Å². The highest BCUT2D eigenvalue weighted by molar-refractivity contribution is 5.69. The quantitative estimate of drug-likeness (QED) is 0.176. The maximum absolute atomic E-state index is 11.5. The molecule has 0 heterocycles. The molecule has 0 aliphatic carbocycles. The molecule has 4 heteroatoms. The molecule has 2 N–H and O–H groups in total. The number of carbonyl (C=O) groups is 1. The monoisotopic (exact) mass is 382 g/mol. The molecule has 0 aliphatic heterocycles. The molecule has 0 spiro atoms. The molecule has 158 valence electrons. The van der Waals surface area contributed by atoms with Gasteiger partial charge in [0.1, 0.15) is 6.10 Å². The average Bonchev–Trinajstić information content (AvgIpc) is 2.68. The topological polar surface area (TPSA) is 66.8 Å². The molecule has 0 bridgehead atoms. The standard InChI is InChI=1S/C23H42O4/c1-2-3-4-5-6-7-8-9-10-11-12-13-14-15-16-17-18-19-23(26)27-22(20-24)21-25/h6-7,9-10,22,24-25H,2-5,8,11-21H2,1H3/b7-6-,10-9-. The summed E-state index contributed by atoms with van der Waals surface area (Å²) in [5.74, 6) is -0.328. The van der Waals surface area contributed by atoms with E-state index in [9.17, 15) is 4.79 Å². The van der Waals surface area contributed by atoms with Crippen LogP contribution in [0.3, 0.4) is 0 Å². The lowest BCUT2D eigenvalue weighted by Gasteiger charge is -2.12. The van der Waals surface area contributed by atoms with Gasteiger partial charge in [-0.2, -0.15) is 0 Å². The summed E-state index contributed by atoms with van der Waals surface area (Å²) >= 11 is 0. The van der Waals surface area contributed by atoms with Crippen molar-refractivity contribution >= 4 is 5.97 Å². The van der Waals surface area contributed by atoms with E-state index in [0.29, 0.717) is 6.42 Å². The summed E-state index contributed by atoms with van der Waals surface area (Å²) < 4.78 is 4.93. The Bertz CT molecular complexity index is 373. The Kier molecular flexibility index (Phi) is 20.3. The third-order valence-corrected chi connectivity index (χ3v) is 4.54. The van der Waals surface area contributed by atoms with Crippen molar-refractivity contribution in [3.63, 3.8) is 0 Å². The second kappa shape index (κ2) is 21.2. The van der Waals surface area contributed by atoms with Gasteiger partial charge in [-0.3, -0.25) is 4.79 Å². The van der Waals surface area contributed by atoms with Gasteiger partial charge in [-0.05, 0) is 38.5 Å². The maximum Gasteiger partial charge on any atom is 0.306 e. The lowest BCUT2D eigenvalue weighted by Crippen LogP contribution is -2.25. The number of aliphatic hydroxyl groups is 2. The molecular weight excluding hydrogens is 340 g/mol. The van der Waals surface area contributed by atoms with Gasteiger partial charge in [0.2, 0.25) is 0 Å². The van der Waals surface area contributed by atoms with Crippen molar-refractivity contribution in [2.75, 3.05) is 13.2 Å². The van der Waals surface area contributed by atoms with Crippen molar-refractivity contribution in [1.29, 1.82) is 0 Å². The molecule has 0 saturated heterocycles. The zero-order valence-electron chi connectivity index (χ0n) is 17.4. The number of aliphatic hydroxyl groups excluding tert-OH is 2. The first kappa shape index (κ1) is 25.9. The van der Waals surface area contributed by atoms with Crippen LogP contribution >= 0.6 is 0 Å². The second-order valence-corrected chi connectivity index (χ2v) is 7.16. The van der Waals surface area contributed by atoms with E-state index in [1.165, 1.54) is 57.8 Å². The Hall–Kier alpha value is -1.13. The van der Waals surface area contributed by atoms with Crippen LogP contribution in [0.1, 0.15) is 96.8 Å². The van der Waals surface area contributed by atoms with E-state index >= 15 is 0 Å². The summed E-state index contributed by atoms with van der Waals surface area (Å²) in [5, 5.41) is 17.7. The van der Waals surface area contributed by atoms with Gasteiger partial charge in [0.15, 0.2) is 0 Å². The fourth-order valence-corrected chi connectivity index (χ4v) is 2.81. The van der Waals surface area contributed by atoms with Gasteiger partial charge in [-0.1, -0.05) is 76.2 Å². The fourth-order valence-electron chi connectivity index (χ4n) is 2.81. The van der Waals surface area contributed by atoms with E-state index in [1.54, 1.807) is 0 Å². The minimum Gasteiger partial charge on any atom is -0.457 e. The number of hydrogen-bond acceptors (Lipinski definition) is 4. The molecule has 0 aromatic heterocycles. The maximum atomic E-state index is 11.5. The molecule has 0 radical (unpaired) electrons. The average molecular weight is 383 g/mol. The van der Waals surface area contributed by atoms with Gasteiger partial charge in [-0.25, -0.2) is 0 Å². The number of esters is 1. The third-order valence-electron chi connectivity index (χ3n) is 4.54. The highest BCUT2D eigenvalue weighted by Gasteiger charge is 2.11. The number of unbranched alkanes of at least 4 members (excludes halogenated alkanes) is 10. The number of allylic oxidation sites excluding steroid dienone is 4. The molecular formula is C23H42O4. The van der Waals surface area contributed by atoms with Gasteiger partial charge < -0.3 is 14.9 Å². The van der Waals surface area contributed by atoms with Crippen LogP contribution in [0.15, 0.2) is 24.3 Å². The Labute approximate surface area is 166 Å². The lowest BCUT2D eigenvalue weighted by molar-refractivity contribution is -0.153. The fraction of sp³-hybridized carbons (Fsp3) is 0.783. The largest absolute Gasteiger partial charge is 0.457 e. The Morgan fingerprint density at radius 1 is 0.778 bits per heavy atom. The van der Waals surface area contributed by atoms with Crippen LogP contribution in [-0.4, -0.2) is 35.5 Å². The van der Waals surface area contributed by atoms with Gasteiger partial charge >= 0.3 is 5.97 Å². The summed E-state index contributed by atoms with van der Waals surface area (Å²) in [7, 11) is 0. The van der Waals surface area contributed by atoms with Gasteiger partial charge in [-0.15, -0.1) is 0 Å². The molecule has 0 aliphatic rings. The molecule has 27 heavy (non-hydrogen) atoms. The van der Waals surface area contributed by atoms with E-state index in [0.717, 1.165) is 25.7 Å². The zero-order chi connectivity index (χ0) is 20.0. The Morgan fingerprint density at radius 2 is 1.30 bits per heavy atom. The van der Waals surface area contributed by atoms with Crippen molar-refractivity contribution < 1.29 is 19.7 Å².